The van der Waals surface area contributed by atoms with Crippen LogP contribution >= 0.6 is 14.2 Å². The zero-order valence-electron chi connectivity index (χ0n) is 17.3. The first-order valence-electron chi connectivity index (χ1n) is 10.7. The molecule has 2 fully saturated rings. The number of aliphatic imine (C=N–C) groups is 1. The molecule has 3 aliphatic rings. The predicted octanol–water partition coefficient (Wildman–Crippen LogP) is 3.78. The fourth-order valence-corrected chi connectivity index (χ4v) is 10.6. The average molecular weight is 399 g/mol. The van der Waals surface area contributed by atoms with Gasteiger partial charge in [-0.25, -0.2) is 0 Å². The van der Waals surface area contributed by atoms with Crippen molar-refractivity contribution in [3.63, 3.8) is 0 Å². The lowest BCUT2D eigenvalue weighted by Gasteiger charge is -2.36. The molecule has 0 radical (unpaired) electrons. The van der Waals surface area contributed by atoms with Crippen molar-refractivity contribution >= 4 is 25.1 Å². The summed E-state index contributed by atoms with van der Waals surface area (Å²) in [6.45, 7) is 16.1. The van der Waals surface area contributed by atoms with Crippen LogP contribution < -0.4 is 5.32 Å². The lowest BCUT2D eigenvalue weighted by molar-refractivity contribution is 0.257. The van der Waals surface area contributed by atoms with Crippen molar-refractivity contribution in [2.75, 3.05) is 72.4 Å². The van der Waals surface area contributed by atoms with Gasteiger partial charge in [0.05, 0.1) is 5.45 Å². The number of piperidine rings is 2. The molecule has 0 bridgehead atoms. The van der Waals surface area contributed by atoms with E-state index in [0.29, 0.717) is 0 Å². The smallest absolute Gasteiger partial charge is 0.0533 e. The van der Waals surface area contributed by atoms with Crippen LogP contribution in [-0.2, 0) is 0 Å². The summed E-state index contributed by atoms with van der Waals surface area (Å²) in [6, 6.07) is 0. The summed E-state index contributed by atoms with van der Waals surface area (Å²) < 4.78 is 0. The Hall–Kier alpha value is 0.280. The molecule has 4 nitrogen and oxygen atoms in total. The van der Waals surface area contributed by atoms with Gasteiger partial charge in [-0.3, -0.25) is 20.1 Å². The molecule has 0 saturated carbocycles. The van der Waals surface area contributed by atoms with Gasteiger partial charge in [0.25, 0.3) is 0 Å². The zero-order valence-corrected chi connectivity index (χ0v) is 19.1. The highest BCUT2D eigenvalue weighted by Crippen LogP contribution is 2.71. The standard InChI is InChI=1S/C20H40N4P2/c1-25-19(17-23-13-6-4-7-14-23)21-11-10-12-22-20(26(25,2)3)18-24-15-8-5-9-16-24/h22H,4-18H2,1-3H3. The van der Waals surface area contributed by atoms with Crippen molar-refractivity contribution in [2.24, 2.45) is 4.99 Å². The Kier molecular flexibility index (Phi) is 8.21. The van der Waals surface area contributed by atoms with Crippen molar-refractivity contribution in [1.29, 1.82) is 0 Å². The fourth-order valence-electron chi connectivity index (χ4n) is 4.31. The Balaban J connectivity index is 1.77. The van der Waals surface area contributed by atoms with E-state index >= 15 is 0 Å². The molecule has 6 heteroatoms. The molecule has 3 heterocycles. The SMILES string of the molecule is CP1C(CN2CCCCC2)=NCCCNC(CN2CCCCC2)=P1(C)C. The second kappa shape index (κ2) is 10.2. The molecular formula is C20H40N4P2. The molecular weight excluding hydrogens is 358 g/mol. The number of rotatable bonds is 4. The van der Waals surface area contributed by atoms with Gasteiger partial charge in [-0.1, -0.05) is 19.4 Å². The first-order chi connectivity index (χ1) is 12.6. The third-order valence-corrected chi connectivity index (χ3v) is 16.4. The van der Waals surface area contributed by atoms with E-state index in [1.165, 1.54) is 77.7 Å². The maximum atomic E-state index is 5.16. The predicted molar refractivity (Wildman–Crippen MR) is 122 cm³/mol. The van der Waals surface area contributed by atoms with Crippen LogP contribution in [0.15, 0.2) is 4.99 Å². The molecule has 3 rings (SSSR count). The van der Waals surface area contributed by atoms with E-state index in [9.17, 15) is 0 Å². The van der Waals surface area contributed by atoms with Crippen LogP contribution in [-0.4, -0.2) is 93.0 Å². The first-order valence-corrected chi connectivity index (χ1v) is 15.9. The Bertz CT molecular complexity index is 528. The molecule has 26 heavy (non-hydrogen) atoms. The highest BCUT2D eigenvalue weighted by molar-refractivity contribution is 8.43. The van der Waals surface area contributed by atoms with Gasteiger partial charge in [0.1, 0.15) is 0 Å². The fraction of sp³-hybridized carbons (Fsp3) is 0.900. The molecule has 1 N–H and O–H groups in total. The van der Waals surface area contributed by atoms with E-state index in [0.717, 1.165) is 19.6 Å². The average Bonchev–Trinajstić information content (AvgIpc) is 2.70. The minimum Gasteiger partial charge on any atom is -0.298 e. The van der Waals surface area contributed by atoms with Gasteiger partial charge in [-0.05, 0) is 85.9 Å². The number of likely N-dealkylation sites (tertiary alicyclic amines) is 2. The van der Waals surface area contributed by atoms with Gasteiger partial charge in [0.2, 0.25) is 0 Å². The second-order valence-electron chi connectivity index (χ2n) is 8.62. The summed E-state index contributed by atoms with van der Waals surface area (Å²) in [7, 11) is -0.157. The van der Waals surface area contributed by atoms with Crippen molar-refractivity contribution in [2.45, 2.75) is 44.9 Å². The van der Waals surface area contributed by atoms with Gasteiger partial charge < -0.3 is 0 Å². The van der Waals surface area contributed by atoms with E-state index in [1.54, 1.807) is 10.9 Å². The van der Waals surface area contributed by atoms with Gasteiger partial charge in [0, 0.05) is 31.6 Å². The molecule has 0 aliphatic carbocycles. The lowest BCUT2D eigenvalue weighted by atomic mass is 10.1. The Labute approximate surface area is 162 Å². The van der Waals surface area contributed by atoms with E-state index in [2.05, 4.69) is 35.1 Å². The van der Waals surface area contributed by atoms with E-state index in [4.69, 9.17) is 4.99 Å². The number of nitrogens with zero attached hydrogens (tertiary/aromatic N) is 3. The number of hydrogen-bond acceptors (Lipinski definition) is 4. The second-order valence-corrected chi connectivity index (χ2v) is 18.3. The summed E-state index contributed by atoms with van der Waals surface area (Å²) in [4.78, 5) is 10.5. The molecule has 150 valence electrons. The van der Waals surface area contributed by atoms with E-state index in [1.807, 2.05) is 0 Å². The van der Waals surface area contributed by atoms with Crippen LogP contribution in [0, 0.1) is 0 Å². The number of nitrogens with one attached hydrogen (secondary N) is 1. The summed E-state index contributed by atoms with van der Waals surface area (Å²) >= 11 is 0. The van der Waals surface area contributed by atoms with Crippen molar-refractivity contribution in [3.8, 4) is 0 Å². The number of hydrogen-bond donors (Lipinski definition) is 1. The Morgan fingerprint density at radius 2 is 1.46 bits per heavy atom. The topological polar surface area (TPSA) is 30.9 Å². The molecule has 0 aromatic carbocycles. The minimum atomic E-state index is -1.16. The Morgan fingerprint density at radius 3 is 2.08 bits per heavy atom. The van der Waals surface area contributed by atoms with Gasteiger partial charge >= 0.3 is 0 Å². The molecule has 3 aliphatic heterocycles. The van der Waals surface area contributed by atoms with Crippen molar-refractivity contribution in [1.82, 2.24) is 15.1 Å². The zero-order chi connectivity index (χ0) is 18.4. The third-order valence-electron chi connectivity index (χ3n) is 6.38. The van der Waals surface area contributed by atoms with Gasteiger partial charge in [0.15, 0.2) is 0 Å². The highest BCUT2D eigenvalue weighted by atomic mass is 32.1. The monoisotopic (exact) mass is 398 g/mol. The molecule has 0 aromatic heterocycles. The normalized spacial score (nSPS) is 29.6. The first kappa shape index (κ1) is 21.0. The molecule has 1 unspecified atom stereocenters. The van der Waals surface area contributed by atoms with Crippen LogP contribution in [0.1, 0.15) is 44.9 Å². The van der Waals surface area contributed by atoms with Crippen LogP contribution in [0.5, 0.6) is 0 Å². The molecule has 2 saturated heterocycles. The molecule has 0 amide bonds. The highest BCUT2D eigenvalue weighted by Gasteiger charge is 2.27. The molecule has 0 spiro atoms. The quantitative estimate of drug-likeness (QED) is 0.731. The molecule has 1 atom stereocenters. The van der Waals surface area contributed by atoms with Crippen LogP contribution in [0.2, 0.25) is 0 Å². The Morgan fingerprint density at radius 1 is 0.885 bits per heavy atom. The van der Waals surface area contributed by atoms with E-state index < -0.39 is 6.57 Å². The largest absolute Gasteiger partial charge is 0.298 e. The van der Waals surface area contributed by atoms with Gasteiger partial charge in [-0.15, -0.1) is 0 Å². The van der Waals surface area contributed by atoms with Crippen molar-refractivity contribution in [3.05, 3.63) is 0 Å². The van der Waals surface area contributed by atoms with Crippen molar-refractivity contribution < 1.29 is 0 Å². The maximum absolute atomic E-state index is 5.16. The maximum Gasteiger partial charge on any atom is 0.0533 e. The van der Waals surface area contributed by atoms with Crippen LogP contribution in [0.4, 0.5) is 0 Å². The summed E-state index contributed by atoms with van der Waals surface area (Å²) in [6.07, 6.45) is 9.53. The van der Waals surface area contributed by atoms with E-state index in [-0.39, 0.29) is 7.61 Å². The summed E-state index contributed by atoms with van der Waals surface area (Å²) in [5.74, 6) is 0. The third kappa shape index (κ3) is 5.65. The lowest BCUT2D eigenvalue weighted by Crippen LogP contribution is -2.40. The summed E-state index contributed by atoms with van der Waals surface area (Å²) in [5.41, 5.74) is 3.24. The van der Waals surface area contributed by atoms with Gasteiger partial charge in [-0.2, -0.15) is 0 Å². The summed E-state index contributed by atoms with van der Waals surface area (Å²) in [5, 5.41) is 3.91. The minimum absolute atomic E-state index is 0.157. The molecule has 0 aromatic rings. The van der Waals surface area contributed by atoms with Crippen LogP contribution in [0.25, 0.3) is 0 Å². The van der Waals surface area contributed by atoms with Crippen LogP contribution in [0.3, 0.4) is 0 Å².